The van der Waals surface area contributed by atoms with Crippen molar-refractivity contribution >= 4 is 22.3 Å². The van der Waals surface area contributed by atoms with E-state index in [4.69, 9.17) is 4.74 Å². The predicted molar refractivity (Wildman–Crippen MR) is 120 cm³/mol. The summed E-state index contributed by atoms with van der Waals surface area (Å²) in [6.07, 6.45) is 3.22. The molecule has 0 amide bonds. The molecule has 1 fully saturated rings. The Morgan fingerprint density at radius 2 is 1.90 bits per heavy atom. The van der Waals surface area contributed by atoms with Crippen LogP contribution in [0, 0.1) is 5.92 Å². The zero-order valence-electron chi connectivity index (χ0n) is 18.4. The molecule has 166 valence electrons. The molecule has 1 aliphatic rings. The number of hydrogen-bond donors (Lipinski definition) is 1. The number of nitrogens with zero attached hydrogens (tertiary/aromatic N) is 4. The van der Waals surface area contributed by atoms with Gasteiger partial charge in [0, 0.05) is 6.42 Å². The van der Waals surface area contributed by atoms with E-state index >= 15 is 0 Å². The second-order valence-electron chi connectivity index (χ2n) is 7.93. The Morgan fingerprint density at radius 1 is 1.19 bits per heavy atom. The number of carbonyl (C=O) groups is 1. The standard InChI is InChI=1S/C23H30N4O3S/c1-4-15-7-9-16(10-8-15)19(26-13-11-17(12-14-26)22(29)30-6-3)20-21(28)27-23(31-20)24-18(5-2)25-27/h7-10,17,19,28H,4-6,11-14H2,1-3H3/t19-/m1/s1. The van der Waals surface area contributed by atoms with Crippen LogP contribution in [0.25, 0.3) is 4.96 Å². The maximum atomic E-state index is 12.2. The van der Waals surface area contributed by atoms with Gasteiger partial charge in [0.25, 0.3) is 0 Å². The topological polar surface area (TPSA) is 80.0 Å². The van der Waals surface area contributed by atoms with Crippen LogP contribution in [-0.2, 0) is 22.4 Å². The van der Waals surface area contributed by atoms with E-state index in [2.05, 4.69) is 46.2 Å². The summed E-state index contributed by atoms with van der Waals surface area (Å²) in [6, 6.07) is 8.49. The van der Waals surface area contributed by atoms with Gasteiger partial charge in [0.2, 0.25) is 10.8 Å². The molecule has 3 aromatic rings. The summed E-state index contributed by atoms with van der Waals surface area (Å²) in [4.78, 5) is 20.6. The smallest absolute Gasteiger partial charge is 0.309 e. The number of benzene rings is 1. The van der Waals surface area contributed by atoms with Crippen molar-refractivity contribution in [1.82, 2.24) is 19.5 Å². The van der Waals surface area contributed by atoms with Crippen LogP contribution in [0.1, 0.15) is 61.5 Å². The van der Waals surface area contributed by atoms with Gasteiger partial charge in [0.1, 0.15) is 0 Å². The number of aromatic hydroxyl groups is 1. The minimum Gasteiger partial charge on any atom is -0.492 e. The van der Waals surface area contributed by atoms with Crippen molar-refractivity contribution in [3.8, 4) is 5.88 Å². The van der Waals surface area contributed by atoms with Gasteiger partial charge < -0.3 is 9.84 Å². The van der Waals surface area contributed by atoms with E-state index < -0.39 is 0 Å². The van der Waals surface area contributed by atoms with Crippen molar-refractivity contribution in [1.29, 1.82) is 0 Å². The van der Waals surface area contributed by atoms with Crippen molar-refractivity contribution in [2.75, 3.05) is 19.7 Å². The summed E-state index contributed by atoms with van der Waals surface area (Å²) < 4.78 is 6.78. The summed E-state index contributed by atoms with van der Waals surface area (Å²) in [5, 5.41) is 15.5. The Bertz CT molecular complexity index is 1040. The lowest BCUT2D eigenvalue weighted by molar-refractivity contribution is -0.149. The highest BCUT2D eigenvalue weighted by Gasteiger charge is 2.34. The molecule has 7 nitrogen and oxygen atoms in total. The fourth-order valence-corrected chi connectivity index (χ4v) is 5.37. The van der Waals surface area contributed by atoms with E-state index in [-0.39, 0.29) is 23.8 Å². The molecule has 0 radical (unpaired) electrons. The summed E-state index contributed by atoms with van der Waals surface area (Å²) >= 11 is 1.49. The third kappa shape index (κ3) is 4.32. The third-order valence-corrected chi connectivity index (χ3v) is 7.10. The van der Waals surface area contributed by atoms with Crippen LogP contribution in [0.2, 0.25) is 0 Å². The van der Waals surface area contributed by atoms with Crippen LogP contribution in [0.3, 0.4) is 0 Å². The molecule has 1 N–H and O–H groups in total. The molecule has 0 saturated carbocycles. The van der Waals surface area contributed by atoms with Crippen molar-refractivity contribution in [3.05, 3.63) is 46.1 Å². The van der Waals surface area contributed by atoms with Crippen LogP contribution in [0.15, 0.2) is 24.3 Å². The molecule has 4 rings (SSSR count). The second kappa shape index (κ2) is 9.36. The first-order chi connectivity index (χ1) is 15.0. The Kier molecular flexibility index (Phi) is 6.57. The lowest BCUT2D eigenvalue weighted by Crippen LogP contribution is -2.39. The molecule has 0 unspecified atom stereocenters. The minimum absolute atomic E-state index is 0.0534. The molecule has 8 heteroatoms. The van der Waals surface area contributed by atoms with Crippen LogP contribution in [-0.4, -0.2) is 50.3 Å². The van der Waals surface area contributed by atoms with Crippen LogP contribution >= 0.6 is 11.3 Å². The Balaban J connectivity index is 1.66. The molecule has 31 heavy (non-hydrogen) atoms. The highest BCUT2D eigenvalue weighted by Crippen LogP contribution is 2.41. The van der Waals surface area contributed by atoms with Gasteiger partial charge in [-0.1, -0.05) is 49.4 Å². The maximum absolute atomic E-state index is 12.2. The van der Waals surface area contributed by atoms with Gasteiger partial charge in [-0.05, 0) is 50.4 Å². The number of hydrogen-bond acceptors (Lipinski definition) is 7. The SMILES string of the molecule is CCOC(=O)C1CCN([C@H](c2ccc(CC)cc2)c2sc3nc(CC)nn3c2O)CC1. The number of aryl methyl sites for hydroxylation is 2. The second-order valence-corrected chi connectivity index (χ2v) is 8.93. The van der Waals surface area contributed by atoms with Crippen LogP contribution < -0.4 is 0 Å². The van der Waals surface area contributed by atoms with E-state index in [1.165, 1.54) is 16.9 Å². The minimum atomic E-state index is -0.104. The zero-order chi connectivity index (χ0) is 22.0. The molecule has 1 atom stereocenters. The number of ether oxygens (including phenoxy) is 1. The van der Waals surface area contributed by atoms with E-state index in [0.29, 0.717) is 11.6 Å². The third-order valence-electron chi connectivity index (χ3n) is 6.03. The monoisotopic (exact) mass is 442 g/mol. The average molecular weight is 443 g/mol. The van der Waals surface area contributed by atoms with Gasteiger partial charge in [-0.3, -0.25) is 9.69 Å². The van der Waals surface area contributed by atoms with Gasteiger partial charge >= 0.3 is 5.97 Å². The van der Waals surface area contributed by atoms with Crippen LogP contribution in [0.5, 0.6) is 5.88 Å². The number of likely N-dealkylation sites (tertiary alicyclic amines) is 1. The summed E-state index contributed by atoms with van der Waals surface area (Å²) in [5.41, 5.74) is 2.41. The molecule has 0 bridgehead atoms. The first-order valence-corrected chi connectivity index (χ1v) is 11.9. The normalized spacial score (nSPS) is 16.6. The highest BCUT2D eigenvalue weighted by atomic mass is 32.1. The molecule has 3 heterocycles. The van der Waals surface area contributed by atoms with Crippen LogP contribution in [0.4, 0.5) is 0 Å². The molecular weight excluding hydrogens is 412 g/mol. The van der Waals surface area contributed by atoms with Crippen molar-refractivity contribution in [2.24, 2.45) is 5.92 Å². The first-order valence-electron chi connectivity index (χ1n) is 11.1. The number of carbonyl (C=O) groups excluding carboxylic acids is 1. The van der Waals surface area contributed by atoms with E-state index in [0.717, 1.165) is 55.0 Å². The van der Waals surface area contributed by atoms with Gasteiger partial charge in [0.05, 0.1) is 23.4 Å². The lowest BCUT2D eigenvalue weighted by Gasteiger charge is -2.36. The molecule has 0 spiro atoms. The van der Waals surface area contributed by atoms with Gasteiger partial charge in [0.15, 0.2) is 5.82 Å². The lowest BCUT2D eigenvalue weighted by atomic mass is 9.93. The molecular formula is C23H30N4O3S. The quantitative estimate of drug-likeness (QED) is 0.558. The van der Waals surface area contributed by atoms with Crippen molar-refractivity contribution in [2.45, 2.75) is 52.5 Å². The Morgan fingerprint density at radius 3 is 2.48 bits per heavy atom. The summed E-state index contributed by atoms with van der Waals surface area (Å²) in [6.45, 7) is 7.93. The van der Waals surface area contributed by atoms with E-state index in [1.807, 2.05) is 13.8 Å². The maximum Gasteiger partial charge on any atom is 0.309 e. The number of thiazole rings is 1. The fraction of sp³-hybridized carbons (Fsp3) is 0.522. The summed E-state index contributed by atoms with van der Waals surface area (Å²) in [7, 11) is 0. The first kappa shape index (κ1) is 21.8. The molecule has 1 saturated heterocycles. The number of rotatable bonds is 7. The Labute approximate surface area is 186 Å². The molecule has 1 aromatic carbocycles. The highest BCUT2D eigenvalue weighted by molar-refractivity contribution is 7.17. The fourth-order valence-electron chi connectivity index (χ4n) is 4.24. The number of piperidine rings is 1. The number of aromatic nitrogens is 3. The average Bonchev–Trinajstić information content (AvgIpc) is 3.34. The van der Waals surface area contributed by atoms with Crippen molar-refractivity contribution in [3.63, 3.8) is 0 Å². The van der Waals surface area contributed by atoms with E-state index in [9.17, 15) is 9.90 Å². The molecule has 0 aliphatic carbocycles. The molecule has 1 aliphatic heterocycles. The predicted octanol–water partition coefficient (Wildman–Crippen LogP) is 3.99. The van der Waals surface area contributed by atoms with Gasteiger partial charge in [-0.2, -0.15) is 4.52 Å². The van der Waals surface area contributed by atoms with Gasteiger partial charge in [-0.25, -0.2) is 4.98 Å². The number of esters is 1. The Hall–Kier alpha value is -2.45. The summed E-state index contributed by atoms with van der Waals surface area (Å²) in [5.74, 6) is 0.735. The van der Waals surface area contributed by atoms with E-state index in [1.54, 1.807) is 4.52 Å². The zero-order valence-corrected chi connectivity index (χ0v) is 19.2. The van der Waals surface area contributed by atoms with Gasteiger partial charge in [-0.15, -0.1) is 5.10 Å². The van der Waals surface area contributed by atoms with Crippen molar-refractivity contribution < 1.29 is 14.6 Å². The largest absolute Gasteiger partial charge is 0.492 e. The molecule has 2 aromatic heterocycles. The number of fused-ring (bicyclic) bond motifs is 1.